The summed E-state index contributed by atoms with van der Waals surface area (Å²) in [5, 5.41) is 9.97. The van der Waals surface area contributed by atoms with Gasteiger partial charge in [-0.1, -0.05) is 54.6 Å². The van der Waals surface area contributed by atoms with Crippen molar-refractivity contribution in [1.29, 1.82) is 0 Å². The lowest BCUT2D eigenvalue weighted by molar-refractivity contribution is -0.141. The number of carbonyl (C=O) groups is 1. The molecule has 3 aromatic rings. The minimum absolute atomic E-state index is 0.00292. The van der Waals surface area contributed by atoms with Gasteiger partial charge in [-0.2, -0.15) is 0 Å². The number of hydrogen-bond donors (Lipinski definition) is 1. The molecular formula is C29H33NO6S. The van der Waals surface area contributed by atoms with E-state index in [1.807, 2.05) is 29.2 Å². The molecule has 0 amide bonds. The van der Waals surface area contributed by atoms with Gasteiger partial charge in [-0.3, -0.25) is 4.79 Å². The summed E-state index contributed by atoms with van der Waals surface area (Å²) in [5.74, 6) is -0.756. The van der Waals surface area contributed by atoms with Crippen molar-refractivity contribution in [3.8, 4) is 16.9 Å². The van der Waals surface area contributed by atoms with Crippen LogP contribution in [0.1, 0.15) is 18.4 Å². The van der Waals surface area contributed by atoms with Gasteiger partial charge in [0.05, 0.1) is 18.1 Å². The Kier molecular flexibility index (Phi) is 8.63. The van der Waals surface area contributed by atoms with Crippen molar-refractivity contribution in [2.24, 2.45) is 0 Å². The number of aliphatic carboxylic acids is 1. The predicted molar refractivity (Wildman–Crippen MR) is 143 cm³/mol. The van der Waals surface area contributed by atoms with Crippen LogP contribution >= 0.6 is 0 Å². The van der Waals surface area contributed by atoms with Crippen LogP contribution in [0.15, 0.2) is 83.8 Å². The second-order valence-corrected chi connectivity index (χ2v) is 11.5. The van der Waals surface area contributed by atoms with Crippen LogP contribution in [-0.2, 0) is 25.8 Å². The normalized spacial score (nSPS) is 15.8. The van der Waals surface area contributed by atoms with Crippen molar-refractivity contribution < 1.29 is 27.8 Å². The number of sulfone groups is 1. The van der Waals surface area contributed by atoms with E-state index in [9.17, 15) is 18.3 Å². The molecule has 1 N–H and O–H groups in total. The summed E-state index contributed by atoms with van der Waals surface area (Å²) >= 11 is 0. The maximum Gasteiger partial charge on any atom is 0.325 e. The molecule has 0 aromatic heterocycles. The van der Waals surface area contributed by atoms with Gasteiger partial charge >= 0.3 is 5.97 Å². The van der Waals surface area contributed by atoms with Crippen LogP contribution in [0.3, 0.4) is 0 Å². The molecule has 0 saturated carbocycles. The molecule has 37 heavy (non-hydrogen) atoms. The number of methoxy groups -OCH3 is 1. The Morgan fingerprint density at radius 1 is 0.919 bits per heavy atom. The summed E-state index contributed by atoms with van der Waals surface area (Å²) in [7, 11) is -2.49. The highest BCUT2D eigenvalue weighted by Crippen LogP contribution is 2.36. The van der Waals surface area contributed by atoms with Gasteiger partial charge in [0.1, 0.15) is 5.75 Å². The quantitative estimate of drug-likeness (QED) is 0.400. The van der Waals surface area contributed by atoms with Gasteiger partial charge in [-0.15, -0.1) is 0 Å². The lowest BCUT2D eigenvalue weighted by Crippen LogP contribution is -2.54. The molecule has 1 aliphatic rings. The first-order chi connectivity index (χ1) is 17.9. The second-order valence-electron chi connectivity index (χ2n) is 9.27. The number of carboxylic acid groups (broad SMARTS) is 1. The van der Waals surface area contributed by atoms with Crippen molar-refractivity contribution in [2.45, 2.75) is 28.9 Å². The van der Waals surface area contributed by atoms with E-state index in [0.717, 1.165) is 16.7 Å². The molecule has 196 valence electrons. The minimum atomic E-state index is -4.09. The summed E-state index contributed by atoms with van der Waals surface area (Å²) < 4.78 is 36.0. The Labute approximate surface area is 218 Å². The van der Waals surface area contributed by atoms with Crippen LogP contribution in [0.5, 0.6) is 5.75 Å². The highest BCUT2D eigenvalue weighted by Gasteiger charge is 2.53. The predicted octanol–water partition coefficient (Wildman–Crippen LogP) is 4.31. The van der Waals surface area contributed by atoms with Gasteiger partial charge < -0.3 is 19.5 Å². The second kappa shape index (κ2) is 11.9. The van der Waals surface area contributed by atoms with Crippen LogP contribution in [0.4, 0.5) is 0 Å². The third kappa shape index (κ3) is 6.04. The number of benzene rings is 3. The lowest BCUT2D eigenvalue weighted by Gasteiger charge is -2.38. The lowest BCUT2D eigenvalue weighted by atomic mass is 9.96. The van der Waals surface area contributed by atoms with Crippen LogP contribution in [-0.4, -0.2) is 69.1 Å². The van der Waals surface area contributed by atoms with Crippen LogP contribution in [0.2, 0.25) is 0 Å². The van der Waals surface area contributed by atoms with Crippen LogP contribution < -0.4 is 4.74 Å². The average Bonchev–Trinajstić information content (AvgIpc) is 2.93. The summed E-state index contributed by atoms with van der Waals surface area (Å²) in [6.45, 7) is 2.38. The van der Waals surface area contributed by atoms with Gasteiger partial charge in [0.25, 0.3) is 0 Å². The van der Waals surface area contributed by atoms with E-state index in [1.54, 1.807) is 19.2 Å². The third-order valence-electron chi connectivity index (χ3n) is 7.01. The molecule has 8 heteroatoms. The number of likely N-dealkylation sites (tertiary alicyclic amines) is 1. The number of hydrogen-bond acceptors (Lipinski definition) is 6. The monoisotopic (exact) mass is 523 g/mol. The fourth-order valence-corrected chi connectivity index (χ4v) is 6.62. The summed E-state index contributed by atoms with van der Waals surface area (Å²) in [6.07, 6.45) is 0.770. The highest BCUT2D eigenvalue weighted by atomic mass is 32.2. The molecule has 1 aliphatic heterocycles. The summed E-state index contributed by atoms with van der Waals surface area (Å²) in [5.41, 5.74) is 3.44. The molecular weight excluding hydrogens is 490 g/mol. The number of rotatable bonds is 11. The number of nitrogens with zero attached hydrogens (tertiary/aromatic N) is 1. The van der Waals surface area contributed by atoms with Crippen molar-refractivity contribution >= 4 is 15.8 Å². The molecule has 0 spiro atoms. The Hall–Kier alpha value is -3.20. The van der Waals surface area contributed by atoms with E-state index in [1.165, 1.54) is 12.1 Å². The zero-order chi connectivity index (χ0) is 26.3. The van der Waals surface area contributed by atoms with E-state index in [4.69, 9.17) is 9.47 Å². The molecule has 1 heterocycles. The molecule has 3 aromatic carbocycles. The topological polar surface area (TPSA) is 93.1 Å². The van der Waals surface area contributed by atoms with Gasteiger partial charge in [0.15, 0.2) is 14.6 Å². The molecule has 1 saturated heterocycles. The van der Waals surface area contributed by atoms with E-state index < -0.39 is 20.6 Å². The Balaban J connectivity index is 1.39. The van der Waals surface area contributed by atoms with Crippen molar-refractivity contribution in [2.75, 3.05) is 40.0 Å². The highest BCUT2D eigenvalue weighted by molar-refractivity contribution is 7.93. The Morgan fingerprint density at radius 3 is 2.24 bits per heavy atom. The fraction of sp³-hybridized carbons (Fsp3) is 0.345. The number of carboxylic acids is 1. The van der Waals surface area contributed by atoms with E-state index in [-0.39, 0.29) is 17.7 Å². The van der Waals surface area contributed by atoms with Crippen LogP contribution in [0, 0.1) is 0 Å². The van der Waals surface area contributed by atoms with Gasteiger partial charge in [-0.05, 0) is 53.8 Å². The smallest absolute Gasteiger partial charge is 0.325 e. The Morgan fingerprint density at radius 2 is 1.59 bits per heavy atom. The fourth-order valence-electron chi connectivity index (χ4n) is 4.72. The standard InChI is InChI=1S/C29H33NO6S/c1-35-21-19-30-17-15-29(16-18-30,28(31)32)37(33,34)27-12-10-26(11-13-27)36-20-14-23-6-5-9-25(22-23)24-7-3-2-4-8-24/h2-13,22H,14-21H2,1H3,(H,31,32). The van der Waals surface area contributed by atoms with E-state index in [2.05, 4.69) is 30.3 Å². The SMILES string of the molecule is COCCN1CCC(C(=O)O)(S(=O)(=O)c2ccc(OCCc3cccc(-c4ccccc4)c3)cc2)CC1. The molecule has 0 aliphatic carbocycles. The molecule has 0 bridgehead atoms. The van der Waals surface area contributed by atoms with Crippen molar-refractivity contribution in [3.05, 3.63) is 84.4 Å². The van der Waals surface area contributed by atoms with Crippen molar-refractivity contribution in [1.82, 2.24) is 4.90 Å². The first-order valence-corrected chi connectivity index (χ1v) is 13.9. The van der Waals surface area contributed by atoms with Crippen LogP contribution in [0.25, 0.3) is 11.1 Å². The summed E-state index contributed by atoms with van der Waals surface area (Å²) in [6, 6.07) is 24.5. The van der Waals surface area contributed by atoms with Crippen molar-refractivity contribution in [3.63, 3.8) is 0 Å². The molecule has 0 unspecified atom stereocenters. The van der Waals surface area contributed by atoms with Gasteiger partial charge in [0, 0.05) is 33.2 Å². The largest absolute Gasteiger partial charge is 0.493 e. The molecule has 0 atom stereocenters. The zero-order valence-electron chi connectivity index (χ0n) is 21.0. The minimum Gasteiger partial charge on any atom is -0.493 e. The molecule has 0 radical (unpaired) electrons. The average molecular weight is 524 g/mol. The first kappa shape index (κ1) is 26.9. The van der Waals surface area contributed by atoms with Gasteiger partial charge in [-0.25, -0.2) is 8.42 Å². The van der Waals surface area contributed by atoms with Gasteiger partial charge in [0.2, 0.25) is 0 Å². The zero-order valence-corrected chi connectivity index (χ0v) is 21.8. The number of ether oxygens (including phenoxy) is 2. The third-order valence-corrected chi connectivity index (χ3v) is 9.51. The molecule has 4 rings (SSSR count). The Bertz CT molecular complexity index is 1280. The maximum absolute atomic E-state index is 13.5. The number of piperidine rings is 1. The van der Waals surface area contributed by atoms with E-state index in [0.29, 0.717) is 45.0 Å². The molecule has 7 nitrogen and oxygen atoms in total. The maximum atomic E-state index is 13.5. The molecule has 1 fully saturated rings. The summed E-state index contributed by atoms with van der Waals surface area (Å²) in [4.78, 5) is 14.3. The first-order valence-electron chi connectivity index (χ1n) is 12.4. The van der Waals surface area contributed by atoms with E-state index >= 15 is 0 Å².